The summed E-state index contributed by atoms with van der Waals surface area (Å²) in [6, 6.07) is 13.3. The molecule has 1 aromatic heterocycles. The molecule has 0 atom stereocenters. The number of carbonyl (C=O) groups is 1. The summed E-state index contributed by atoms with van der Waals surface area (Å²) in [5.41, 5.74) is 2.64. The molecule has 0 saturated carbocycles. The Bertz CT molecular complexity index is 973. The second-order valence-electron chi connectivity index (χ2n) is 6.04. The van der Waals surface area contributed by atoms with Gasteiger partial charge in [0.1, 0.15) is 13.2 Å². The van der Waals surface area contributed by atoms with E-state index in [1.807, 2.05) is 47.8 Å². The zero-order valence-corrected chi connectivity index (χ0v) is 16.0. The van der Waals surface area contributed by atoms with Crippen LogP contribution in [0.5, 0.6) is 11.5 Å². The van der Waals surface area contributed by atoms with Crippen LogP contribution in [0.2, 0.25) is 5.02 Å². The van der Waals surface area contributed by atoms with E-state index >= 15 is 0 Å². The van der Waals surface area contributed by atoms with Gasteiger partial charge in [-0.2, -0.15) is 0 Å². The lowest BCUT2D eigenvalue weighted by Crippen LogP contribution is -2.15. The Kier molecular flexibility index (Phi) is 5.27. The maximum absolute atomic E-state index is 12.3. The maximum Gasteiger partial charge on any atom is 0.226 e. The Morgan fingerprint density at radius 2 is 1.96 bits per heavy atom. The van der Waals surface area contributed by atoms with Gasteiger partial charge in [0.15, 0.2) is 16.6 Å². The molecule has 7 heteroatoms. The van der Waals surface area contributed by atoms with Crippen LogP contribution in [0, 0.1) is 0 Å². The van der Waals surface area contributed by atoms with Crippen molar-refractivity contribution < 1.29 is 14.3 Å². The Balaban J connectivity index is 1.35. The number of aromatic nitrogens is 1. The van der Waals surface area contributed by atoms with Gasteiger partial charge in [0, 0.05) is 22.4 Å². The molecule has 138 valence electrons. The molecule has 3 aromatic rings. The molecule has 0 radical (unpaired) electrons. The molecular weight excluding hydrogens is 384 g/mol. The number of aryl methyl sites for hydroxylation is 1. The quantitative estimate of drug-likeness (QED) is 0.667. The van der Waals surface area contributed by atoms with Crippen LogP contribution in [0.25, 0.3) is 11.3 Å². The number of rotatable bonds is 5. The van der Waals surface area contributed by atoms with Crippen molar-refractivity contribution in [2.24, 2.45) is 0 Å². The standard InChI is InChI=1S/C20H17ClN2O3S/c21-15-4-2-1-3-14(15)16-12-27-20(22-16)23-19(24)8-6-13-5-7-17-18(11-13)26-10-9-25-17/h1-5,7,11-12H,6,8-10H2,(H,22,23,24). The lowest BCUT2D eigenvalue weighted by Gasteiger charge is -2.18. The molecule has 0 bridgehead atoms. The predicted molar refractivity (Wildman–Crippen MR) is 107 cm³/mol. The van der Waals surface area contributed by atoms with Crippen LogP contribution in [0.15, 0.2) is 47.8 Å². The highest BCUT2D eigenvalue weighted by Crippen LogP contribution is 2.32. The minimum absolute atomic E-state index is 0.0788. The van der Waals surface area contributed by atoms with Crippen molar-refractivity contribution in [1.82, 2.24) is 4.98 Å². The van der Waals surface area contributed by atoms with E-state index in [0.29, 0.717) is 36.2 Å². The number of hydrogen-bond donors (Lipinski definition) is 1. The Morgan fingerprint density at radius 3 is 2.81 bits per heavy atom. The van der Waals surface area contributed by atoms with Gasteiger partial charge in [-0.1, -0.05) is 35.9 Å². The van der Waals surface area contributed by atoms with E-state index in [-0.39, 0.29) is 5.91 Å². The minimum atomic E-state index is -0.0788. The highest BCUT2D eigenvalue weighted by molar-refractivity contribution is 7.14. The largest absolute Gasteiger partial charge is 0.486 e. The van der Waals surface area contributed by atoms with Crippen molar-refractivity contribution in [1.29, 1.82) is 0 Å². The molecule has 4 rings (SSSR count). The first-order valence-electron chi connectivity index (χ1n) is 8.58. The molecule has 1 amide bonds. The van der Waals surface area contributed by atoms with Gasteiger partial charge in [0.2, 0.25) is 5.91 Å². The third kappa shape index (κ3) is 4.23. The lowest BCUT2D eigenvalue weighted by atomic mass is 10.1. The molecule has 1 N–H and O–H groups in total. The summed E-state index contributed by atoms with van der Waals surface area (Å²) in [6.45, 7) is 1.12. The maximum atomic E-state index is 12.3. The van der Waals surface area contributed by atoms with Gasteiger partial charge >= 0.3 is 0 Å². The van der Waals surface area contributed by atoms with Gasteiger partial charge in [-0.15, -0.1) is 11.3 Å². The summed E-state index contributed by atoms with van der Waals surface area (Å²) in [7, 11) is 0. The van der Waals surface area contributed by atoms with Gasteiger partial charge < -0.3 is 14.8 Å². The second kappa shape index (κ2) is 7.98. The molecule has 2 aromatic carbocycles. The van der Waals surface area contributed by atoms with Gasteiger partial charge in [-0.25, -0.2) is 4.98 Å². The van der Waals surface area contributed by atoms with Gasteiger partial charge in [-0.3, -0.25) is 4.79 Å². The normalized spacial score (nSPS) is 12.6. The van der Waals surface area contributed by atoms with E-state index in [1.54, 1.807) is 0 Å². The van der Waals surface area contributed by atoms with Gasteiger partial charge in [0.25, 0.3) is 0 Å². The fraction of sp³-hybridized carbons (Fsp3) is 0.200. The molecule has 0 fully saturated rings. The molecule has 2 heterocycles. The topological polar surface area (TPSA) is 60.5 Å². The number of halogens is 1. The molecule has 5 nitrogen and oxygen atoms in total. The Morgan fingerprint density at radius 1 is 1.15 bits per heavy atom. The molecule has 1 aliphatic heterocycles. The summed E-state index contributed by atoms with van der Waals surface area (Å²) >= 11 is 7.58. The number of ether oxygens (including phenoxy) is 2. The van der Waals surface area contributed by atoms with Crippen LogP contribution < -0.4 is 14.8 Å². The van der Waals surface area contributed by atoms with E-state index in [9.17, 15) is 4.79 Å². The van der Waals surface area contributed by atoms with Crippen molar-refractivity contribution in [2.45, 2.75) is 12.8 Å². The number of nitrogens with zero attached hydrogens (tertiary/aromatic N) is 1. The van der Waals surface area contributed by atoms with Crippen LogP contribution in [-0.2, 0) is 11.2 Å². The lowest BCUT2D eigenvalue weighted by molar-refractivity contribution is -0.116. The molecule has 0 aliphatic carbocycles. The third-order valence-electron chi connectivity index (χ3n) is 4.15. The van der Waals surface area contributed by atoms with Crippen molar-refractivity contribution in [3.05, 3.63) is 58.4 Å². The number of anilines is 1. The highest BCUT2D eigenvalue weighted by atomic mass is 35.5. The van der Waals surface area contributed by atoms with E-state index in [1.165, 1.54) is 11.3 Å². The van der Waals surface area contributed by atoms with Crippen LogP contribution in [-0.4, -0.2) is 24.1 Å². The summed E-state index contributed by atoms with van der Waals surface area (Å²) in [5, 5.41) is 5.95. The van der Waals surface area contributed by atoms with Crippen LogP contribution >= 0.6 is 22.9 Å². The van der Waals surface area contributed by atoms with Crippen molar-refractivity contribution >= 4 is 34.0 Å². The predicted octanol–water partition coefficient (Wildman–Crippen LogP) is 4.81. The fourth-order valence-electron chi connectivity index (χ4n) is 2.81. The summed E-state index contributed by atoms with van der Waals surface area (Å²) < 4.78 is 11.1. The molecule has 0 saturated heterocycles. The Hall–Kier alpha value is -2.57. The zero-order valence-electron chi connectivity index (χ0n) is 14.4. The number of benzene rings is 2. The number of fused-ring (bicyclic) bond motifs is 1. The Labute approximate surface area is 165 Å². The van der Waals surface area contributed by atoms with E-state index in [4.69, 9.17) is 21.1 Å². The molecular formula is C20H17ClN2O3S. The summed E-state index contributed by atoms with van der Waals surface area (Å²) in [5.74, 6) is 1.41. The first kappa shape index (κ1) is 17.8. The average molecular weight is 401 g/mol. The minimum Gasteiger partial charge on any atom is -0.486 e. The monoisotopic (exact) mass is 400 g/mol. The van der Waals surface area contributed by atoms with Crippen molar-refractivity contribution in [3.63, 3.8) is 0 Å². The number of carbonyl (C=O) groups excluding carboxylic acids is 1. The highest BCUT2D eigenvalue weighted by Gasteiger charge is 2.13. The molecule has 0 spiro atoms. The number of hydrogen-bond acceptors (Lipinski definition) is 5. The number of thiazole rings is 1. The van der Waals surface area contributed by atoms with E-state index in [2.05, 4.69) is 10.3 Å². The van der Waals surface area contributed by atoms with Crippen molar-refractivity contribution in [2.75, 3.05) is 18.5 Å². The first-order valence-corrected chi connectivity index (χ1v) is 9.83. The van der Waals surface area contributed by atoms with E-state index < -0.39 is 0 Å². The summed E-state index contributed by atoms with van der Waals surface area (Å²) in [6.07, 6.45) is 0.978. The van der Waals surface area contributed by atoms with Gasteiger partial charge in [-0.05, 0) is 30.2 Å². The third-order valence-corrected chi connectivity index (χ3v) is 5.23. The van der Waals surface area contributed by atoms with Crippen LogP contribution in [0.4, 0.5) is 5.13 Å². The van der Waals surface area contributed by atoms with Gasteiger partial charge in [0.05, 0.1) is 5.69 Å². The van der Waals surface area contributed by atoms with E-state index in [0.717, 1.165) is 28.3 Å². The van der Waals surface area contributed by atoms with Crippen molar-refractivity contribution in [3.8, 4) is 22.8 Å². The summed E-state index contributed by atoms with van der Waals surface area (Å²) in [4.78, 5) is 16.7. The molecule has 0 unspecified atom stereocenters. The second-order valence-corrected chi connectivity index (χ2v) is 7.31. The SMILES string of the molecule is O=C(CCc1ccc2c(c1)OCCO2)Nc1nc(-c2ccccc2Cl)cs1. The zero-order chi connectivity index (χ0) is 18.6. The number of amides is 1. The first-order chi connectivity index (χ1) is 13.2. The molecule has 27 heavy (non-hydrogen) atoms. The average Bonchev–Trinajstić information content (AvgIpc) is 3.14. The van der Waals surface area contributed by atoms with Crippen LogP contribution in [0.3, 0.4) is 0 Å². The van der Waals surface area contributed by atoms with Crippen LogP contribution in [0.1, 0.15) is 12.0 Å². The number of nitrogens with one attached hydrogen (secondary N) is 1. The fourth-order valence-corrected chi connectivity index (χ4v) is 3.77. The molecule has 1 aliphatic rings. The smallest absolute Gasteiger partial charge is 0.226 e.